The van der Waals surface area contributed by atoms with Gasteiger partial charge in [-0.25, -0.2) is 4.39 Å². The Morgan fingerprint density at radius 2 is 1.67 bits per heavy atom. The number of benzene rings is 3. The lowest BCUT2D eigenvalue weighted by Crippen LogP contribution is -2.26. The molecule has 0 saturated carbocycles. The van der Waals surface area contributed by atoms with Crippen LogP contribution in [-0.2, 0) is 0 Å². The van der Waals surface area contributed by atoms with Crippen molar-refractivity contribution in [1.82, 2.24) is 5.32 Å². The molecular formula is C23H18FNOS. The molecule has 0 fully saturated rings. The molecule has 0 bridgehead atoms. The first kappa shape index (κ1) is 17.4. The van der Waals surface area contributed by atoms with Crippen LogP contribution in [0.4, 0.5) is 4.39 Å². The van der Waals surface area contributed by atoms with E-state index in [-0.39, 0.29) is 17.8 Å². The van der Waals surface area contributed by atoms with Gasteiger partial charge < -0.3 is 5.32 Å². The fourth-order valence-electron chi connectivity index (χ4n) is 3.20. The van der Waals surface area contributed by atoms with Gasteiger partial charge in [-0.05, 0) is 53.1 Å². The second kappa shape index (κ2) is 7.33. The van der Waals surface area contributed by atoms with Crippen molar-refractivity contribution >= 4 is 28.0 Å². The van der Waals surface area contributed by atoms with Gasteiger partial charge in [0.1, 0.15) is 5.82 Å². The van der Waals surface area contributed by atoms with Crippen LogP contribution in [-0.4, -0.2) is 5.91 Å². The van der Waals surface area contributed by atoms with Gasteiger partial charge in [-0.3, -0.25) is 4.79 Å². The lowest BCUT2D eigenvalue weighted by Gasteiger charge is -2.16. The summed E-state index contributed by atoms with van der Waals surface area (Å²) in [6.45, 7) is 1.99. The molecule has 3 aromatic carbocycles. The lowest BCUT2D eigenvalue weighted by atomic mass is 10.00. The predicted molar refractivity (Wildman–Crippen MR) is 110 cm³/mol. The zero-order chi connectivity index (χ0) is 18.8. The molecule has 1 atom stereocenters. The molecule has 1 heterocycles. The van der Waals surface area contributed by atoms with Crippen LogP contribution >= 0.6 is 11.3 Å². The van der Waals surface area contributed by atoms with Gasteiger partial charge in [0.25, 0.3) is 5.91 Å². The van der Waals surface area contributed by atoms with Crippen LogP contribution in [0.25, 0.3) is 21.2 Å². The van der Waals surface area contributed by atoms with Gasteiger partial charge in [0.15, 0.2) is 0 Å². The van der Waals surface area contributed by atoms with Crippen LogP contribution in [0.15, 0.2) is 78.9 Å². The zero-order valence-electron chi connectivity index (χ0n) is 14.8. The van der Waals surface area contributed by atoms with E-state index >= 15 is 0 Å². The number of hydrogen-bond donors (Lipinski definition) is 1. The number of carbonyl (C=O) groups excluding carboxylic acids is 1. The Bertz CT molecular complexity index is 1100. The summed E-state index contributed by atoms with van der Waals surface area (Å²) in [5, 5.41) is 5.39. The van der Waals surface area contributed by atoms with E-state index in [4.69, 9.17) is 0 Å². The van der Waals surface area contributed by atoms with E-state index in [0.717, 1.165) is 26.8 Å². The number of amides is 1. The largest absolute Gasteiger partial charge is 0.345 e. The van der Waals surface area contributed by atoms with Gasteiger partial charge >= 0.3 is 0 Å². The number of halogens is 1. The van der Waals surface area contributed by atoms with Crippen molar-refractivity contribution < 1.29 is 9.18 Å². The summed E-state index contributed by atoms with van der Waals surface area (Å²) >= 11 is 1.41. The molecule has 134 valence electrons. The van der Waals surface area contributed by atoms with Crippen molar-refractivity contribution in [3.8, 4) is 10.4 Å². The number of nitrogens with one attached hydrogen (secondary N) is 1. The highest BCUT2D eigenvalue weighted by Crippen LogP contribution is 2.29. The monoisotopic (exact) mass is 375 g/mol. The Kier molecular flexibility index (Phi) is 4.73. The minimum absolute atomic E-state index is 0.103. The second-order valence-corrected chi connectivity index (χ2v) is 7.52. The van der Waals surface area contributed by atoms with Gasteiger partial charge in [0, 0.05) is 4.88 Å². The van der Waals surface area contributed by atoms with Crippen LogP contribution < -0.4 is 5.32 Å². The van der Waals surface area contributed by atoms with Crippen molar-refractivity contribution in [1.29, 1.82) is 0 Å². The summed E-state index contributed by atoms with van der Waals surface area (Å²) in [6.07, 6.45) is 0. The Hall–Kier alpha value is -2.98. The zero-order valence-corrected chi connectivity index (χ0v) is 15.6. The standard InChI is InChI=1S/C23H18FNOS/c1-15(19-8-4-6-16-5-2-3-7-20(16)19)25-23(26)22-14-13-21(27-22)17-9-11-18(24)12-10-17/h2-15H,1H3,(H,25,26)/t15-/m1/s1. The Morgan fingerprint density at radius 1 is 0.926 bits per heavy atom. The maximum absolute atomic E-state index is 13.1. The Morgan fingerprint density at radius 3 is 2.48 bits per heavy atom. The number of rotatable bonds is 4. The van der Waals surface area contributed by atoms with Crippen molar-refractivity contribution in [2.45, 2.75) is 13.0 Å². The van der Waals surface area contributed by atoms with E-state index in [1.165, 1.54) is 23.5 Å². The van der Waals surface area contributed by atoms with Crippen LogP contribution in [0.3, 0.4) is 0 Å². The average molecular weight is 375 g/mol. The van der Waals surface area contributed by atoms with Gasteiger partial charge in [-0.2, -0.15) is 0 Å². The summed E-state index contributed by atoms with van der Waals surface area (Å²) in [4.78, 5) is 14.3. The summed E-state index contributed by atoms with van der Waals surface area (Å²) in [5.74, 6) is -0.369. The molecule has 27 heavy (non-hydrogen) atoms. The highest BCUT2D eigenvalue weighted by Gasteiger charge is 2.15. The summed E-state index contributed by atoms with van der Waals surface area (Å²) in [5.41, 5.74) is 2.00. The minimum Gasteiger partial charge on any atom is -0.345 e. The van der Waals surface area contributed by atoms with E-state index in [9.17, 15) is 9.18 Å². The molecule has 1 aromatic heterocycles. The molecule has 1 N–H and O–H groups in total. The van der Waals surface area contributed by atoms with E-state index in [2.05, 4.69) is 23.5 Å². The molecule has 0 aliphatic heterocycles. The quantitative estimate of drug-likeness (QED) is 0.452. The van der Waals surface area contributed by atoms with E-state index in [0.29, 0.717) is 4.88 Å². The molecule has 4 aromatic rings. The lowest BCUT2D eigenvalue weighted by molar-refractivity contribution is 0.0944. The minimum atomic E-state index is -0.266. The summed E-state index contributed by atoms with van der Waals surface area (Å²) < 4.78 is 13.1. The SMILES string of the molecule is C[C@@H](NC(=O)c1ccc(-c2ccc(F)cc2)s1)c1cccc2ccccc12. The molecule has 4 heteroatoms. The van der Waals surface area contributed by atoms with Gasteiger partial charge in [0.05, 0.1) is 10.9 Å². The molecular weight excluding hydrogens is 357 g/mol. The molecule has 0 aliphatic rings. The van der Waals surface area contributed by atoms with Gasteiger partial charge in [-0.15, -0.1) is 11.3 Å². The number of thiophene rings is 1. The van der Waals surface area contributed by atoms with E-state index < -0.39 is 0 Å². The first-order valence-electron chi connectivity index (χ1n) is 8.76. The van der Waals surface area contributed by atoms with Crippen molar-refractivity contribution in [2.24, 2.45) is 0 Å². The third kappa shape index (κ3) is 3.62. The predicted octanol–water partition coefficient (Wildman–Crippen LogP) is 6.20. The smallest absolute Gasteiger partial charge is 0.261 e. The molecule has 4 rings (SSSR count). The highest BCUT2D eigenvalue weighted by atomic mass is 32.1. The molecule has 2 nitrogen and oxygen atoms in total. The maximum Gasteiger partial charge on any atom is 0.261 e. The van der Waals surface area contributed by atoms with Crippen LogP contribution in [0.1, 0.15) is 28.2 Å². The molecule has 0 radical (unpaired) electrons. The highest BCUT2D eigenvalue weighted by molar-refractivity contribution is 7.17. The fraction of sp³-hybridized carbons (Fsp3) is 0.0870. The number of carbonyl (C=O) groups is 1. The summed E-state index contributed by atoms with van der Waals surface area (Å²) in [7, 11) is 0. The molecule has 0 saturated heterocycles. The van der Waals surface area contributed by atoms with Crippen LogP contribution in [0.5, 0.6) is 0 Å². The number of fused-ring (bicyclic) bond motifs is 1. The third-order valence-electron chi connectivity index (χ3n) is 4.60. The maximum atomic E-state index is 13.1. The van der Waals surface area contributed by atoms with Crippen LogP contribution in [0, 0.1) is 5.82 Å². The van der Waals surface area contributed by atoms with Gasteiger partial charge in [-0.1, -0.05) is 54.6 Å². The van der Waals surface area contributed by atoms with Crippen molar-refractivity contribution in [2.75, 3.05) is 0 Å². The first-order valence-corrected chi connectivity index (χ1v) is 9.58. The topological polar surface area (TPSA) is 29.1 Å². The van der Waals surface area contributed by atoms with Crippen molar-refractivity contribution in [3.05, 3.63) is 95.1 Å². The van der Waals surface area contributed by atoms with E-state index in [1.807, 2.05) is 43.3 Å². The van der Waals surface area contributed by atoms with Gasteiger partial charge in [0.2, 0.25) is 0 Å². The molecule has 0 spiro atoms. The average Bonchev–Trinajstić information content (AvgIpc) is 3.18. The molecule has 0 aliphatic carbocycles. The summed E-state index contributed by atoms with van der Waals surface area (Å²) in [6, 6.07) is 24.2. The molecule has 0 unspecified atom stereocenters. The normalized spacial score (nSPS) is 12.1. The first-order chi connectivity index (χ1) is 13.1. The Labute approximate surface area is 161 Å². The Balaban J connectivity index is 1.54. The van der Waals surface area contributed by atoms with Crippen molar-refractivity contribution in [3.63, 3.8) is 0 Å². The van der Waals surface area contributed by atoms with Crippen LogP contribution in [0.2, 0.25) is 0 Å². The fourth-order valence-corrected chi connectivity index (χ4v) is 4.12. The number of hydrogen-bond acceptors (Lipinski definition) is 2. The second-order valence-electron chi connectivity index (χ2n) is 6.43. The third-order valence-corrected chi connectivity index (χ3v) is 5.73. The van der Waals surface area contributed by atoms with E-state index in [1.54, 1.807) is 12.1 Å². The molecule has 1 amide bonds.